The number of nitrogens with one attached hydrogen (secondary N) is 1. The molecule has 108 valence electrons. The minimum absolute atomic E-state index is 0.0618. The maximum atomic E-state index is 11.6. The lowest BCUT2D eigenvalue weighted by atomic mass is 10.2. The molecule has 0 spiro atoms. The number of hydrogen-bond donors (Lipinski definition) is 2. The number of amides is 1. The summed E-state index contributed by atoms with van der Waals surface area (Å²) in [6, 6.07) is 5.63. The van der Waals surface area contributed by atoms with Gasteiger partial charge in [-0.15, -0.1) is 0 Å². The second-order valence-corrected chi connectivity index (χ2v) is 4.56. The molecule has 1 amide bonds. The minimum atomic E-state index is -0.600. The lowest BCUT2D eigenvalue weighted by molar-refractivity contribution is -0.124. The van der Waals surface area contributed by atoms with E-state index in [4.69, 9.17) is 14.6 Å². The Hall–Kier alpha value is -2.08. The summed E-state index contributed by atoms with van der Waals surface area (Å²) in [5.74, 6) is -0.888. The summed E-state index contributed by atoms with van der Waals surface area (Å²) in [5.41, 5.74) is 0.287. The third-order valence-electron chi connectivity index (χ3n) is 2.99. The van der Waals surface area contributed by atoms with Crippen LogP contribution in [-0.4, -0.2) is 42.8 Å². The zero-order chi connectivity index (χ0) is 14.4. The van der Waals surface area contributed by atoms with E-state index in [1.807, 2.05) is 0 Å². The quantitative estimate of drug-likeness (QED) is 0.780. The standard InChI is InChI=1S/C14H17NO5/c16-11-5-3-10(4-6-11)14(18)20-9-13(17)15-8-12-2-1-7-19-12/h3-6,12,16H,1-2,7-9H2,(H,15,17)/t12-/m0/s1. The monoisotopic (exact) mass is 279 g/mol. The molecule has 2 N–H and O–H groups in total. The third kappa shape index (κ3) is 4.24. The molecule has 6 heteroatoms. The zero-order valence-corrected chi connectivity index (χ0v) is 11.0. The highest BCUT2D eigenvalue weighted by Gasteiger charge is 2.16. The normalized spacial score (nSPS) is 17.7. The number of carbonyl (C=O) groups is 2. The lowest BCUT2D eigenvalue weighted by Crippen LogP contribution is -2.34. The summed E-state index contributed by atoms with van der Waals surface area (Å²) < 4.78 is 10.2. The van der Waals surface area contributed by atoms with Gasteiger partial charge >= 0.3 is 5.97 Å². The van der Waals surface area contributed by atoms with E-state index in [0.717, 1.165) is 19.4 Å². The van der Waals surface area contributed by atoms with E-state index in [1.54, 1.807) is 0 Å². The van der Waals surface area contributed by atoms with Crippen molar-refractivity contribution in [3.05, 3.63) is 29.8 Å². The summed E-state index contributed by atoms with van der Waals surface area (Å²) >= 11 is 0. The van der Waals surface area contributed by atoms with Crippen LogP contribution in [0.1, 0.15) is 23.2 Å². The van der Waals surface area contributed by atoms with Crippen LogP contribution in [0, 0.1) is 0 Å². The van der Waals surface area contributed by atoms with E-state index in [0.29, 0.717) is 6.54 Å². The Morgan fingerprint density at radius 3 is 2.75 bits per heavy atom. The molecule has 1 atom stereocenters. The molecule has 1 aliphatic heterocycles. The van der Waals surface area contributed by atoms with Gasteiger partial charge in [0, 0.05) is 13.2 Å². The molecule has 2 rings (SSSR count). The van der Waals surface area contributed by atoms with Crippen molar-refractivity contribution in [1.29, 1.82) is 0 Å². The van der Waals surface area contributed by atoms with E-state index in [-0.39, 0.29) is 29.9 Å². The fourth-order valence-electron chi connectivity index (χ4n) is 1.90. The summed E-state index contributed by atoms with van der Waals surface area (Å²) in [6.45, 7) is 0.846. The van der Waals surface area contributed by atoms with Crippen LogP contribution in [0.3, 0.4) is 0 Å². The maximum Gasteiger partial charge on any atom is 0.338 e. The SMILES string of the molecule is O=C(COC(=O)c1ccc(O)cc1)NC[C@@H]1CCCO1. The van der Waals surface area contributed by atoms with Gasteiger partial charge in [0.25, 0.3) is 5.91 Å². The Morgan fingerprint density at radius 2 is 2.10 bits per heavy atom. The number of rotatable bonds is 5. The van der Waals surface area contributed by atoms with Crippen LogP contribution in [0.15, 0.2) is 24.3 Å². The molecule has 0 aromatic heterocycles. The van der Waals surface area contributed by atoms with Crippen LogP contribution in [-0.2, 0) is 14.3 Å². The molecule has 0 unspecified atom stereocenters. The number of phenolic OH excluding ortho intramolecular Hbond substituents is 1. The smallest absolute Gasteiger partial charge is 0.338 e. The minimum Gasteiger partial charge on any atom is -0.508 e. The number of ether oxygens (including phenoxy) is 2. The van der Waals surface area contributed by atoms with Crippen molar-refractivity contribution in [2.75, 3.05) is 19.8 Å². The predicted octanol–water partition coefficient (Wildman–Crippen LogP) is 0.844. The fraction of sp³-hybridized carbons (Fsp3) is 0.429. The van der Waals surface area contributed by atoms with E-state index in [1.165, 1.54) is 24.3 Å². The van der Waals surface area contributed by atoms with E-state index >= 15 is 0 Å². The van der Waals surface area contributed by atoms with Crippen LogP contribution < -0.4 is 5.32 Å². The van der Waals surface area contributed by atoms with Gasteiger partial charge in [-0.3, -0.25) is 4.79 Å². The van der Waals surface area contributed by atoms with Crippen LogP contribution in [0.25, 0.3) is 0 Å². The zero-order valence-electron chi connectivity index (χ0n) is 11.0. The average Bonchev–Trinajstić information content (AvgIpc) is 2.96. The van der Waals surface area contributed by atoms with Crippen molar-refractivity contribution < 1.29 is 24.2 Å². The molecule has 1 aromatic rings. The molecule has 1 aliphatic rings. The Bertz CT molecular complexity index is 465. The Labute approximate surface area is 116 Å². The molecule has 1 fully saturated rings. The largest absolute Gasteiger partial charge is 0.508 e. The molecule has 20 heavy (non-hydrogen) atoms. The highest BCUT2D eigenvalue weighted by atomic mass is 16.5. The Balaban J connectivity index is 1.69. The number of esters is 1. The lowest BCUT2D eigenvalue weighted by Gasteiger charge is -2.10. The summed E-state index contributed by atoms with van der Waals surface area (Å²) in [7, 11) is 0. The number of hydrogen-bond acceptors (Lipinski definition) is 5. The predicted molar refractivity (Wildman–Crippen MR) is 70.4 cm³/mol. The third-order valence-corrected chi connectivity index (χ3v) is 2.99. The van der Waals surface area contributed by atoms with Gasteiger partial charge in [-0.1, -0.05) is 0 Å². The van der Waals surface area contributed by atoms with Gasteiger partial charge in [-0.05, 0) is 37.1 Å². The van der Waals surface area contributed by atoms with Crippen molar-refractivity contribution in [2.24, 2.45) is 0 Å². The van der Waals surface area contributed by atoms with E-state index in [9.17, 15) is 9.59 Å². The topological polar surface area (TPSA) is 84.9 Å². The summed E-state index contributed by atoms with van der Waals surface area (Å²) in [4.78, 5) is 23.1. The molecular formula is C14H17NO5. The molecule has 0 saturated carbocycles. The molecule has 6 nitrogen and oxygen atoms in total. The molecule has 0 bridgehead atoms. The maximum absolute atomic E-state index is 11.6. The van der Waals surface area contributed by atoms with Crippen LogP contribution >= 0.6 is 0 Å². The number of carbonyl (C=O) groups excluding carboxylic acids is 2. The molecule has 1 saturated heterocycles. The van der Waals surface area contributed by atoms with Crippen molar-refractivity contribution in [1.82, 2.24) is 5.32 Å². The average molecular weight is 279 g/mol. The fourth-order valence-corrected chi connectivity index (χ4v) is 1.90. The number of benzene rings is 1. The molecule has 1 heterocycles. The highest BCUT2D eigenvalue weighted by molar-refractivity contribution is 5.91. The highest BCUT2D eigenvalue weighted by Crippen LogP contribution is 2.11. The van der Waals surface area contributed by atoms with Crippen molar-refractivity contribution in [3.8, 4) is 5.75 Å². The first-order valence-electron chi connectivity index (χ1n) is 6.49. The van der Waals surface area contributed by atoms with Crippen LogP contribution in [0.5, 0.6) is 5.75 Å². The molecule has 0 radical (unpaired) electrons. The van der Waals surface area contributed by atoms with Crippen LogP contribution in [0.4, 0.5) is 0 Å². The van der Waals surface area contributed by atoms with Crippen LogP contribution in [0.2, 0.25) is 0 Å². The first kappa shape index (κ1) is 14.3. The summed E-state index contributed by atoms with van der Waals surface area (Å²) in [6.07, 6.45) is 2.01. The van der Waals surface area contributed by atoms with Gasteiger partial charge in [-0.25, -0.2) is 4.79 Å². The number of phenols is 1. The van der Waals surface area contributed by atoms with E-state index < -0.39 is 5.97 Å². The first-order chi connectivity index (χ1) is 9.65. The van der Waals surface area contributed by atoms with Gasteiger partial charge in [0.05, 0.1) is 11.7 Å². The van der Waals surface area contributed by atoms with Gasteiger partial charge in [-0.2, -0.15) is 0 Å². The van der Waals surface area contributed by atoms with Gasteiger partial charge in [0.1, 0.15) is 5.75 Å². The summed E-state index contributed by atoms with van der Waals surface area (Å²) in [5, 5.41) is 11.8. The molecular weight excluding hydrogens is 262 g/mol. The molecule has 0 aliphatic carbocycles. The van der Waals surface area contributed by atoms with Gasteiger partial charge in [0.2, 0.25) is 0 Å². The van der Waals surface area contributed by atoms with Crippen molar-refractivity contribution in [3.63, 3.8) is 0 Å². The second kappa shape index (κ2) is 6.91. The van der Waals surface area contributed by atoms with Gasteiger partial charge in [0.15, 0.2) is 6.61 Å². The second-order valence-electron chi connectivity index (χ2n) is 4.56. The first-order valence-corrected chi connectivity index (χ1v) is 6.49. The molecule has 1 aromatic carbocycles. The number of aromatic hydroxyl groups is 1. The van der Waals surface area contributed by atoms with Crippen molar-refractivity contribution in [2.45, 2.75) is 18.9 Å². The van der Waals surface area contributed by atoms with E-state index in [2.05, 4.69) is 5.32 Å². The van der Waals surface area contributed by atoms with Crippen molar-refractivity contribution >= 4 is 11.9 Å². The Kier molecular flexibility index (Phi) is 4.95. The Morgan fingerprint density at radius 1 is 1.35 bits per heavy atom. The van der Waals surface area contributed by atoms with Gasteiger partial charge < -0.3 is 19.9 Å².